The highest BCUT2D eigenvalue weighted by Crippen LogP contribution is 2.28. The van der Waals surface area contributed by atoms with Gasteiger partial charge in [0.2, 0.25) is 0 Å². The van der Waals surface area contributed by atoms with Crippen LogP contribution in [-0.2, 0) is 14.3 Å². The van der Waals surface area contributed by atoms with Crippen molar-refractivity contribution in [2.45, 2.75) is 0 Å². The maximum Gasteiger partial charge on any atom is 0.344 e. The van der Waals surface area contributed by atoms with Gasteiger partial charge in [-0.2, -0.15) is 0 Å². The summed E-state index contributed by atoms with van der Waals surface area (Å²) >= 11 is 3.43. The highest BCUT2D eigenvalue weighted by atomic mass is 79.9. The quantitative estimate of drug-likeness (QED) is 0.792. The third kappa shape index (κ3) is 2.32. The minimum atomic E-state index is -0.521. The highest BCUT2D eigenvalue weighted by Gasteiger charge is 2.20. The van der Waals surface area contributed by atoms with Gasteiger partial charge in [-0.25, -0.2) is 9.59 Å². The van der Waals surface area contributed by atoms with Crippen LogP contribution in [0, 0.1) is 0 Å². The molecule has 3 rings (SSSR count). The zero-order chi connectivity index (χ0) is 14.1. The summed E-state index contributed by atoms with van der Waals surface area (Å²) in [5, 5.41) is 1.95. The summed E-state index contributed by atoms with van der Waals surface area (Å²) in [6.07, 6.45) is 1.17. The molecule has 100 valence electrons. The van der Waals surface area contributed by atoms with Crippen molar-refractivity contribution in [3.63, 3.8) is 0 Å². The van der Waals surface area contributed by atoms with Crippen molar-refractivity contribution in [3.8, 4) is 0 Å². The lowest BCUT2D eigenvalue weighted by Crippen LogP contribution is -2.07. The minimum absolute atomic E-state index is 0.00419. The average Bonchev–Trinajstić information content (AvgIpc) is 2.84. The molecule has 0 bridgehead atoms. The smallest absolute Gasteiger partial charge is 0.344 e. The van der Waals surface area contributed by atoms with E-state index in [0.29, 0.717) is 10.0 Å². The summed E-state index contributed by atoms with van der Waals surface area (Å²) in [6.45, 7) is -0.00419. The summed E-state index contributed by atoms with van der Waals surface area (Å²) in [6, 6.07) is 11.2. The van der Waals surface area contributed by atoms with Crippen LogP contribution in [0.15, 0.2) is 52.7 Å². The molecule has 1 heterocycles. The van der Waals surface area contributed by atoms with Crippen LogP contribution >= 0.6 is 15.9 Å². The molecular formula is C15H9BrO4. The molecule has 0 atom stereocenters. The highest BCUT2D eigenvalue weighted by molar-refractivity contribution is 9.10. The van der Waals surface area contributed by atoms with E-state index < -0.39 is 11.9 Å². The van der Waals surface area contributed by atoms with Crippen molar-refractivity contribution in [3.05, 3.63) is 58.3 Å². The van der Waals surface area contributed by atoms with Crippen molar-refractivity contribution in [2.24, 2.45) is 0 Å². The molecule has 4 nitrogen and oxygen atoms in total. The van der Waals surface area contributed by atoms with Crippen LogP contribution in [0.1, 0.15) is 10.4 Å². The third-order valence-corrected chi connectivity index (χ3v) is 3.80. The molecule has 0 spiro atoms. The van der Waals surface area contributed by atoms with Gasteiger partial charge in [-0.1, -0.05) is 30.3 Å². The second-order valence-corrected chi connectivity index (χ2v) is 5.05. The van der Waals surface area contributed by atoms with E-state index >= 15 is 0 Å². The SMILES string of the molecule is O=C1C=C(OC(=O)c2ccc3ccccc3c2Br)CO1. The Morgan fingerprint density at radius 1 is 1.20 bits per heavy atom. The monoisotopic (exact) mass is 332 g/mol. The fourth-order valence-corrected chi connectivity index (χ4v) is 2.64. The van der Waals surface area contributed by atoms with Gasteiger partial charge in [0.1, 0.15) is 6.61 Å². The van der Waals surface area contributed by atoms with Crippen LogP contribution in [0.2, 0.25) is 0 Å². The molecule has 2 aromatic rings. The molecule has 1 aliphatic rings. The molecule has 0 N–H and O–H groups in total. The van der Waals surface area contributed by atoms with Crippen LogP contribution < -0.4 is 0 Å². The summed E-state index contributed by atoms with van der Waals surface area (Å²) in [7, 11) is 0. The number of carbonyl (C=O) groups is 2. The zero-order valence-electron chi connectivity index (χ0n) is 10.3. The van der Waals surface area contributed by atoms with E-state index in [4.69, 9.17) is 4.74 Å². The van der Waals surface area contributed by atoms with Crippen molar-refractivity contribution < 1.29 is 19.1 Å². The Labute approximate surface area is 123 Å². The first-order valence-corrected chi connectivity index (χ1v) is 6.71. The van der Waals surface area contributed by atoms with Gasteiger partial charge in [0.25, 0.3) is 0 Å². The summed E-state index contributed by atoms with van der Waals surface area (Å²) in [5.74, 6) is -0.794. The molecule has 0 saturated carbocycles. The number of benzene rings is 2. The maximum absolute atomic E-state index is 12.1. The van der Waals surface area contributed by atoms with Crippen LogP contribution in [-0.4, -0.2) is 18.5 Å². The molecule has 0 unspecified atom stereocenters. The van der Waals surface area contributed by atoms with Gasteiger partial charge >= 0.3 is 11.9 Å². The Bertz CT molecular complexity index is 749. The third-order valence-electron chi connectivity index (χ3n) is 2.94. The predicted molar refractivity (Wildman–Crippen MR) is 76.1 cm³/mol. The fourth-order valence-electron chi connectivity index (χ4n) is 1.98. The second-order valence-electron chi connectivity index (χ2n) is 4.26. The topological polar surface area (TPSA) is 52.6 Å². The van der Waals surface area contributed by atoms with Gasteiger partial charge < -0.3 is 9.47 Å². The average molecular weight is 333 g/mol. The number of rotatable bonds is 2. The minimum Gasteiger partial charge on any atom is -0.454 e. The number of ether oxygens (including phenoxy) is 2. The summed E-state index contributed by atoms with van der Waals surface area (Å²) in [5.41, 5.74) is 0.406. The van der Waals surface area contributed by atoms with E-state index in [9.17, 15) is 9.59 Å². The number of esters is 2. The molecule has 1 aliphatic heterocycles. The number of carbonyl (C=O) groups excluding carboxylic acids is 2. The number of halogens is 1. The number of cyclic esters (lactones) is 1. The number of fused-ring (bicyclic) bond motifs is 1. The van der Waals surface area contributed by atoms with Crippen molar-refractivity contribution in [1.29, 1.82) is 0 Å². The van der Waals surface area contributed by atoms with Crippen LogP contribution in [0.4, 0.5) is 0 Å². The van der Waals surface area contributed by atoms with E-state index in [0.717, 1.165) is 10.8 Å². The molecule has 20 heavy (non-hydrogen) atoms. The van der Waals surface area contributed by atoms with Gasteiger partial charge in [0.05, 0.1) is 11.6 Å². The van der Waals surface area contributed by atoms with Crippen LogP contribution in [0.5, 0.6) is 0 Å². The number of hydrogen-bond acceptors (Lipinski definition) is 4. The lowest BCUT2D eigenvalue weighted by atomic mass is 10.1. The van der Waals surface area contributed by atoms with Gasteiger partial charge in [-0.3, -0.25) is 0 Å². The second kappa shape index (κ2) is 5.09. The van der Waals surface area contributed by atoms with Gasteiger partial charge in [-0.05, 0) is 32.8 Å². The molecule has 0 aliphatic carbocycles. The molecule has 0 aromatic heterocycles. The maximum atomic E-state index is 12.1. The van der Waals surface area contributed by atoms with E-state index in [1.54, 1.807) is 6.07 Å². The van der Waals surface area contributed by atoms with Crippen molar-refractivity contribution in [1.82, 2.24) is 0 Å². The van der Waals surface area contributed by atoms with Crippen molar-refractivity contribution >= 4 is 38.6 Å². The molecule has 0 fully saturated rings. The normalized spacial score (nSPS) is 14.1. The summed E-state index contributed by atoms with van der Waals surface area (Å²) < 4.78 is 10.5. The number of hydrogen-bond donors (Lipinski definition) is 0. The predicted octanol–water partition coefficient (Wildman–Crippen LogP) is 3.20. The van der Waals surface area contributed by atoms with Crippen molar-refractivity contribution in [2.75, 3.05) is 6.61 Å². The van der Waals surface area contributed by atoms with Crippen LogP contribution in [0.25, 0.3) is 10.8 Å². The zero-order valence-corrected chi connectivity index (χ0v) is 11.8. The molecule has 2 aromatic carbocycles. The van der Waals surface area contributed by atoms with E-state index in [-0.39, 0.29) is 12.4 Å². The standard InChI is InChI=1S/C15H9BrO4/c16-14-11-4-2-1-3-9(11)5-6-12(14)15(18)20-10-7-13(17)19-8-10/h1-7H,8H2. The molecule has 5 heteroatoms. The Morgan fingerprint density at radius 2 is 2.00 bits per heavy atom. The molecular weight excluding hydrogens is 324 g/mol. The van der Waals surface area contributed by atoms with E-state index in [1.807, 2.05) is 30.3 Å². The molecule has 0 saturated heterocycles. The van der Waals surface area contributed by atoms with Gasteiger partial charge in [0.15, 0.2) is 5.76 Å². The Morgan fingerprint density at radius 3 is 2.75 bits per heavy atom. The molecule has 0 amide bonds. The lowest BCUT2D eigenvalue weighted by Gasteiger charge is -2.08. The van der Waals surface area contributed by atoms with E-state index in [2.05, 4.69) is 20.7 Å². The Hall–Kier alpha value is -2.14. The van der Waals surface area contributed by atoms with Crippen LogP contribution in [0.3, 0.4) is 0 Å². The first-order valence-electron chi connectivity index (χ1n) is 5.92. The summed E-state index contributed by atoms with van der Waals surface area (Å²) in [4.78, 5) is 23.0. The first-order chi connectivity index (χ1) is 9.65. The first kappa shape index (κ1) is 12.9. The van der Waals surface area contributed by atoms with E-state index in [1.165, 1.54) is 6.08 Å². The lowest BCUT2D eigenvalue weighted by molar-refractivity contribution is -0.135. The Balaban J connectivity index is 1.94. The Kier molecular flexibility index (Phi) is 3.28. The van der Waals surface area contributed by atoms with Gasteiger partial charge in [-0.15, -0.1) is 0 Å². The fraction of sp³-hybridized carbons (Fsp3) is 0.0667. The largest absolute Gasteiger partial charge is 0.454 e. The van der Waals surface area contributed by atoms with Gasteiger partial charge in [0, 0.05) is 4.47 Å². The molecule has 0 radical (unpaired) electrons.